The number of halogens is 2. The van der Waals surface area contributed by atoms with Gasteiger partial charge in [0.05, 0.1) is 5.69 Å². The average molecular weight is 386 g/mol. The third kappa shape index (κ3) is 2.62. The summed E-state index contributed by atoms with van der Waals surface area (Å²) in [6.07, 6.45) is 0. The minimum absolute atomic E-state index is 0.431. The van der Waals surface area contributed by atoms with Crippen LogP contribution in [0.15, 0.2) is 40.8 Å². The fourth-order valence-electron chi connectivity index (χ4n) is 1.70. The van der Waals surface area contributed by atoms with E-state index in [-0.39, 0.29) is 0 Å². The SMILES string of the molecule is Nc1ccc2nc(Nc3ccc(Cl)cc3I)oc2c1. The Kier molecular flexibility index (Phi) is 3.24. The van der Waals surface area contributed by atoms with E-state index in [9.17, 15) is 0 Å². The lowest BCUT2D eigenvalue weighted by Gasteiger charge is -2.04. The summed E-state index contributed by atoms with van der Waals surface area (Å²) in [4.78, 5) is 4.34. The zero-order valence-corrected chi connectivity index (χ0v) is 12.6. The molecular weight excluding hydrogens is 377 g/mol. The number of oxazole rings is 1. The highest BCUT2D eigenvalue weighted by Gasteiger charge is 2.08. The van der Waals surface area contributed by atoms with Crippen molar-refractivity contribution in [1.29, 1.82) is 0 Å². The van der Waals surface area contributed by atoms with E-state index in [1.165, 1.54) is 0 Å². The van der Waals surface area contributed by atoms with Crippen LogP contribution in [0.5, 0.6) is 0 Å². The molecule has 0 aliphatic heterocycles. The molecule has 3 rings (SSSR count). The van der Waals surface area contributed by atoms with Crippen LogP contribution in [0.25, 0.3) is 11.1 Å². The second kappa shape index (κ2) is 4.90. The van der Waals surface area contributed by atoms with Gasteiger partial charge in [0.15, 0.2) is 5.58 Å². The summed E-state index contributed by atoms with van der Waals surface area (Å²) in [7, 11) is 0. The highest BCUT2D eigenvalue weighted by atomic mass is 127. The van der Waals surface area contributed by atoms with Crippen molar-refractivity contribution in [3.8, 4) is 0 Å². The van der Waals surface area contributed by atoms with E-state index in [2.05, 4.69) is 32.9 Å². The monoisotopic (exact) mass is 385 g/mol. The Morgan fingerprint density at radius 3 is 2.84 bits per heavy atom. The molecule has 4 nitrogen and oxygen atoms in total. The number of nitrogen functional groups attached to an aromatic ring is 1. The molecule has 1 heterocycles. The Morgan fingerprint density at radius 2 is 2.05 bits per heavy atom. The van der Waals surface area contributed by atoms with Crippen LogP contribution < -0.4 is 11.1 Å². The van der Waals surface area contributed by atoms with Gasteiger partial charge < -0.3 is 15.5 Å². The lowest BCUT2D eigenvalue weighted by atomic mass is 10.3. The summed E-state index contributed by atoms with van der Waals surface area (Å²) >= 11 is 8.12. The van der Waals surface area contributed by atoms with Crippen LogP contribution in [0.3, 0.4) is 0 Å². The van der Waals surface area contributed by atoms with Crippen LogP contribution in [0.4, 0.5) is 17.4 Å². The van der Waals surface area contributed by atoms with Crippen LogP contribution in [0, 0.1) is 3.57 Å². The third-order valence-electron chi connectivity index (χ3n) is 2.59. The van der Waals surface area contributed by atoms with Gasteiger partial charge in [0.25, 0.3) is 6.01 Å². The van der Waals surface area contributed by atoms with Gasteiger partial charge in [0.2, 0.25) is 0 Å². The molecule has 3 N–H and O–H groups in total. The molecule has 0 bridgehead atoms. The van der Waals surface area contributed by atoms with E-state index in [0.29, 0.717) is 22.3 Å². The maximum absolute atomic E-state index is 5.92. The lowest BCUT2D eigenvalue weighted by molar-refractivity contribution is 0.623. The lowest BCUT2D eigenvalue weighted by Crippen LogP contribution is -1.92. The Labute approximate surface area is 128 Å². The summed E-state index contributed by atoms with van der Waals surface area (Å²) in [5, 5.41) is 3.82. The molecule has 19 heavy (non-hydrogen) atoms. The minimum Gasteiger partial charge on any atom is -0.423 e. The van der Waals surface area contributed by atoms with Crippen molar-refractivity contribution in [3.63, 3.8) is 0 Å². The van der Waals surface area contributed by atoms with E-state index in [0.717, 1.165) is 14.8 Å². The number of hydrogen-bond acceptors (Lipinski definition) is 4. The van der Waals surface area contributed by atoms with Gasteiger partial charge in [-0.2, -0.15) is 4.98 Å². The van der Waals surface area contributed by atoms with Gasteiger partial charge in [0, 0.05) is 20.3 Å². The van der Waals surface area contributed by atoms with Gasteiger partial charge in [-0.05, 0) is 52.9 Å². The predicted molar refractivity (Wildman–Crippen MR) is 85.9 cm³/mol. The standard InChI is InChI=1S/C13H9ClIN3O/c14-7-1-3-10(9(15)5-7)17-13-18-11-4-2-8(16)6-12(11)19-13/h1-6H,16H2,(H,17,18). The van der Waals surface area contributed by atoms with Crippen molar-refractivity contribution < 1.29 is 4.42 Å². The molecule has 1 aromatic heterocycles. The van der Waals surface area contributed by atoms with Gasteiger partial charge in [0.1, 0.15) is 5.52 Å². The molecule has 0 spiro atoms. The zero-order chi connectivity index (χ0) is 13.4. The minimum atomic E-state index is 0.431. The summed E-state index contributed by atoms with van der Waals surface area (Å²) in [6, 6.07) is 11.4. The van der Waals surface area contributed by atoms with Crippen molar-refractivity contribution in [3.05, 3.63) is 45.0 Å². The van der Waals surface area contributed by atoms with Crippen LogP contribution in [-0.4, -0.2) is 4.98 Å². The first-order valence-corrected chi connectivity index (χ1v) is 6.95. The van der Waals surface area contributed by atoms with E-state index in [1.54, 1.807) is 12.1 Å². The van der Waals surface area contributed by atoms with E-state index in [1.807, 2.05) is 24.3 Å². The first-order chi connectivity index (χ1) is 9.11. The highest BCUT2D eigenvalue weighted by molar-refractivity contribution is 14.1. The molecule has 0 unspecified atom stereocenters. The number of anilines is 3. The van der Waals surface area contributed by atoms with Crippen LogP contribution in [0.1, 0.15) is 0 Å². The maximum Gasteiger partial charge on any atom is 0.300 e. The number of nitrogens with zero attached hydrogens (tertiary/aromatic N) is 1. The average Bonchev–Trinajstić information content (AvgIpc) is 2.74. The Balaban J connectivity index is 1.96. The summed E-state index contributed by atoms with van der Waals surface area (Å²) < 4.78 is 6.59. The van der Waals surface area contributed by atoms with Crippen molar-refractivity contribution in [2.75, 3.05) is 11.1 Å². The van der Waals surface area contributed by atoms with Crippen LogP contribution in [0.2, 0.25) is 5.02 Å². The molecule has 0 saturated heterocycles. The normalized spacial score (nSPS) is 10.8. The fourth-order valence-corrected chi connectivity index (χ4v) is 2.71. The molecule has 0 amide bonds. The van der Waals surface area contributed by atoms with Gasteiger partial charge in [-0.25, -0.2) is 0 Å². The second-order valence-electron chi connectivity index (χ2n) is 4.00. The molecule has 3 aromatic rings. The second-order valence-corrected chi connectivity index (χ2v) is 5.59. The van der Waals surface area contributed by atoms with E-state index in [4.69, 9.17) is 21.8 Å². The molecule has 6 heteroatoms. The molecule has 0 aliphatic carbocycles. The van der Waals surface area contributed by atoms with Gasteiger partial charge in [-0.3, -0.25) is 0 Å². The smallest absolute Gasteiger partial charge is 0.300 e. The third-order valence-corrected chi connectivity index (χ3v) is 3.71. The Bertz CT molecular complexity index is 757. The molecule has 0 aliphatic rings. The number of nitrogens with two attached hydrogens (primary N) is 1. The Hall–Kier alpha value is -1.47. The number of nitrogens with one attached hydrogen (secondary N) is 1. The molecular formula is C13H9ClIN3O. The van der Waals surface area contributed by atoms with E-state index >= 15 is 0 Å². The van der Waals surface area contributed by atoms with Crippen molar-refractivity contribution in [2.24, 2.45) is 0 Å². The Morgan fingerprint density at radius 1 is 1.21 bits per heavy atom. The molecule has 0 saturated carbocycles. The largest absolute Gasteiger partial charge is 0.423 e. The number of hydrogen-bond donors (Lipinski definition) is 2. The molecule has 0 radical (unpaired) electrons. The van der Waals surface area contributed by atoms with Crippen molar-refractivity contribution >= 4 is 62.7 Å². The summed E-state index contributed by atoms with van der Waals surface area (Å²) in [5.74, 6) is 0. The number of rotatable bonds is 2. The molecule has 2 aromatic carbocycles. The van der Waals surface area contributed by atoms with Gasteiger partial charge >= 0.3 is 0 Å². The maximum atomic E-state index is 5.92. The van der Waals surface area contributed by atoms with Gasteiger partial charge in [-0.15, -0.1) is 0 Å². The highest BCUT2D eigenvalue weighted by Crippen LogP contribution is 2.27. The number of benzene rings is 2. The quantitative estimate of drug-likeness (QED) is 0.506. The summed E-state index contributed by atoms with van der Waals surface area (Å²) in [5.41, 5.74) is 8.67. The molecule has 0 fully saturated rings. The van der Waals surface area contributed by atoms with Gasteiger partial charge in [-0.1, -0.05) is 11.6 Å². The molecule has 0 atom stereocenters. The molecule has 96 valence electrons. The van der Waals surface area contributed by atoms with Crippen molar-refractivity contribution in [1.82, 2.24) is 4.98 Å². The zero-order valence-electron chi connectivity index (χ0n) is 9.65. The first kappa shape index (κ1) is 12.6. The number of fused-ring (bicyclic) bond motifs is 1. The number of aromatic nitrogens is 1. The van der Waals surface area contributed by atoms with Crippen molar-refractivity contribution in [2.45, 2.75) is 0 Å². The topological polar surface area (TPSA) is 64.1 Å². The fraction of sp³-hybridized carbons (Fsp3) is 0. The predicted octanol–water partition coefficient (Wildman–Crippen LogP) is 4.41. The summed E-state index contributed by atoms with van der Waals surface area (Å²) in [6.45, 7) is 0. The van der Waals surface area contributed by atoms with Crippen LogP contribution >= 0.6 is 34.2 Å². The van der Waals surface area contributed by atoms with E-state index < -0.39 is 0 Å². The first-order valence-electron chi connectivity index (χ1n) is 5.50. The van der Waals surface area contributed by atoms with Crippen LogP contribution in [-0.2, 0) is 0 Å².